The number of aryl methyl sites for hydroxylation is 1. The molecule has 2 rings (SSSR count). The van der Waals surface area contributed by atoms with Gasteiger partial charge in [-0.25, -0.2) is 0 Å². The molecule has 1 aliphatic heterocycles. The van der Waals surface area contributed by atoms with Gasteiger partial charge in [-0.3, -0.25) is 0 Å². The molecule has 1 unspecified atom stereocenters. The molecule has 2 N–H and O–H groups in total. The molecule has 1 aromatic rings. The van der Waals surface area contributed by atoms with Gasteiger partial charge in [0.1, 0.15) is 5.82 Å². The van der Waals surface area contributed by atoms with Crippen LogP contribution in [0.2, 0.25) is 0 Å². The Hall–Kier alpha value is -0.420. The standard InChI is InChI=1S/C7H11BrN4/c8-7-11-10-6-2-1-5(3-9)4-12(6)7/h5H,1-4,9H2. The van der Waals surface area contributed by atoms with E-state index < -0.39 is 0 Å². The number of fused-ring (bicyclic) bond motifs is 1. The molecule has 0 spiro atoms. The van der Waals surface area contributed by atoms with Gasteiger partial charge in [0.05, 0.1) is 0 Å². The lowest BCUT2D eigenvalue weighted by Gasteiger charge is -2.21. The van der Waals surface area contributed by atoms with Crippen molar-refractivity contribution in [3.05, 3.63) is 10.6 Å². The summed E-state index contributed by atoms with van der Waals surface area (Å²) in [4.78, 5) is 0. The molecule has 5 heteroatoms. The third kappa shape index (κ3) is 1.27. The van der Waals surface area contributed by atoms with E-state index in [9.17, 15) is 0 Å². The Kier molecular flexibility index (Phi) is 2.14. The maximum absolute atomic E-state index is 5.61. The van der Waals surface area contributed by atoms with Gasteiger partial charge in [0.25, 0.3) is 0 Å². The van der Waals surface area contributed by atoms with Crippen molar-refractivity contribution in [3.63, 3.8) is 0 Å². The van der Waals surface area contributed by atoms with Crippen LogP contribution >= 0.6 is 15.9 Å². The van der Waals surface area contributed by atoms with Gasteiger partial charge >= 0.3 is 0 Å². The molecule has 0 fully saturated rings. The number of hydrogen-bond donors (Lipinski definition) is 1. The summed E-state index contributed by atoms with van der Waals surface area (Å²) in [6, 6.07) is 0. The van der Waals surface area contributed by atoms with E-state index >= 15 is 0 Å². The van der Waals surface area contributed by atoms with E-state index in [0.29, 0.717) is 5.92 Å². The first-order valence-corrected chi connectivity index (χ1v) is 4.88. The highest BCUT2D eigenvalue weighted by atomic mass is 79.9. The highest BCUT2D eigenvalue weighted by Crippen LogP contribution is 2.21. The lowest BCUT2D eigenvalue weighted by Crippen LogP contribution is -2.26. The molecule has 0 saturated carbocycles. The van der Waals surface area contributed by atoms with Crippen LogP contribution in [0.4, 0.5) is 0 Å². The van der Waals surface area contributed by atoms with Gasteiger partial charge in [0, 0.05) is 13.0 Å². The fourth-order valence-electron chi connectivity index (χ4n) is 1.55. The van der Waals surface area contributed by atoms with Gasteiger partial charge in [-0.15, -0.1) is 10.2 Å². The Morgan fingerprint density at radius 1 is 1.58 bits per heavy atom. The van der Waals surface area contributed by atoms with Crippen molar-refractivity contribution in [2.24, 2.45) is 11.7 Å². The molecule has 12 heavy (non-hydrogen) atoms. The Morgan fingerprint density at radius 3 is 3.17 bits per heavy atom. The summed E-state index contributed by atoms with van der Waals surface area (Å²) in [5.74, 6) is 1.66. The molecule has 0 saturated heterocycles. The van der Waals surface area contributed by atoms with E-state index in [-0.39, 0.29) is 0 Å². The second kappa shape index (κ2) is 3.14. The molecule has 1 aromatic heterocycles. The Morgan fingerprint density at radius 2 is 2.42 bits per heavy atom. The van der Waals surface area contributed by atoms with E-state index in [1.165, 1.54) is 0 Å². The van der Waals surface area contributed by atoms with Crippen LogP contribution in [0.5, 0.6) is 0 Å². The van der Waals surface area contributed by atoms with E-state index in [1.54, 1.807) is 0 Å². The Bertz CT molecular complexity index is 283. The second-order valence-corrected chi connectivity index (χ2v) is 3.85. The number of nitrogens with zero attached hydrogens (tertiary/aromatic N) is 3. The molecular weight excluding hydrogens is 220 g/mol. The molecule has 0 bridgehead atoms. The van der Waals surface area contributed by atoms with Gasteiger partial charge < -0.3 is 10.3 Å². The summed E-state index contributed by atoms with van der Waals surface area (Å²) in [6.45, 7) is 1.71. The van der Waals surface area contributed by atoms with Crippen molar-refractivity contribution in [1.82, 2.24) is 14.8 Å². The van der Waals surface area contributed by atoms with Gasteiger partial charge in [-0.2, -0.15) is 0 Å². The van der Waals surface area contributed by atoms with Crippen molar-refractivity contribution >= 4 is 15.9 Å². The van der Waals surface area contributed by atoms with Crippen LogP contribution in [0.25, 0.3) is 0 Å². The fraction of sp³-hybridized carbons (Fsp3) is 0.714. The summed E-state index contributed by atoms with van der Waals surface area (Å²) in [5.41, 5.74) is 5.61. The zero-order valence-corrected chi connectivity index (χ0v) is 8.29. The van der Waals surface area contributed by atoms with Crippen LogP contribution in [-0.4, -0.2) is 21.3 Å². The number of hydrogen-bond acceptors (Lipinski definition) is 3. The first-order chi connectivity index (χ1) is 5.81. The zero-order chi connectivity index (χ0) is 8.55. The highest BCUT2D eigenvalue weighted by Gasteiger charge is 2.20. The van der Waals surface area contributed by atoms with Crippen molar-refractivity contribution < 1.29 is 0 Å². The first kappa shape index (κ1) is 8.19. The molecule has 0 radical (unpaired) electrons. The molecule has 1 aliphatic rings. The first-order valence-electron chi connectivity index (χ1n) is 4.09. The second-order valence-electron chi connectivity index (χ2n) is 3.14. The lowest BCUT2D eigenvalue weighted by atomic mass is 10.00. The van der Waals surface area contributed by atoms with Crippen molar-refractivity contribution in [2.45, 2.75) is 19.4 Å². The lowest BCUT2D eigenvalue weighted by molar-refractivity contribution is 0.370. The van der Waals surface area contributed by atoms with E-state index in [1.807, 2.05) is 0 Å². The normalized spacial score (nSPS) is 22.3. The van der Waals surface area contributed by atoms with Crippen LogP contribution in [0.1, 0.15) is 12.2 Å². The summed E-state index contributed by atoms with van der Waals surface area (Å²) in [5, 5.41) is 8.01. The maximum atomic E-state index is 5.61. The van der Waals surface area contributed by atoms with Crippen molar-refractivity contribution in [1.29, 1.82) is 0 Å². The fourth-order valence-corrected chi connectivity index (χ4v) is 1.98. The van der Waals surface area contributed by atoms with Crippen LogP contribution in [0.15, 0.2) is 4.73 Å². The predicted molar refractivity (Wildman–Crippen MR) is 48.6 cm³/mol. The van der Waals surface area contributed by atoms with Gasteiger partial charge in [-0.1, -0.05) is 0 Å². The Balaban J connectivity index is 2.26. The van der Waals surface area contributed by atoms with Crippen LogP contribution < -0.4 is 5.73 Å². The highest BCUT2D eigenvalue weighted by molar-refractivity contribution is 9.10. The summed E-state index contributed by atoms with van der Waals surface area (Å²) in [6.07, 6.45) is 2.14. The molecule has 66 valence electrons. The molecule has 0 aliphatic carbocycles. The molecule has 1 atom stereocenters. The third-order valence-electron chi connectivity index (χ3n) is 2.33. The third-order valence-corrected chi connectivity index (χ3v) is 2.92. The predicted octanol–water partition coefficient (Wildman–Crippen LogP) is 0.562. The van der Waals surface area contributed by atoms with Crippen molar-refractivity contribution in [3.8, 4) is 0 Å². The van der Waals surface area contributed by atoms with E-state index in [0.717, 1.165) is 36.5 Å². The van der Waals surface area contributed by atoms with E-state index in [2.05, 4.69) is 30.7 Å². The molecule has 2 heterocycles. The van der Waals surface area contributed by atoms with Crippen LogP contribution in [0.3, 0.4) is 0 Å². The van der Waals surface area contributed by atoms with Gasteiger partial charge in [-0.05, 0) is 34.8 Å². The summed E-state index contributed by atoms with van der Waals surface area (Å²) < 4.78 is 2.93. The zero-order valence-electron chi connectivity index (χ0n) is 6.70. The van der Waals surface area contributed by atoms with Gasteiger partial charge in [0.15, 0.2) is 4.73 Å². The largest absolute Gasteiger partial charge is 0.330 e. The molecule has 0 amide bonds. The topological polar surface area (TPSA) is 56.7 Å². The Labute approximate surface area is 79.3 Å². The average molecular weight is 231 g/mol. The van der Waals surface area contributed by atoms with Crippen LogP contribution in [0, 0.1) is 5.92 Å². The smallest absolute Gasteiger partial charge is 0.200 e. The summed E-state index contributed by atoms with van der Waals surface area (Å²) >= 11 is 3.36. The van der Waals surface area contributed by atoms with E-state index in [4.69, 9.17) is 5.73 Å². The number of aromatic nitrogens is 3. The van der Waals surface area contributed by atoms with Crippen molar-refractivity contribution in [2.75, 3.05) is 6.54 Å². The maximum Gasteiger partial charge on any atom is 0.200 e. The van der Waals surface area contributed by atoms with Crippen LogP contribution in [-0.2, 0) is 13.0 Å². The summed E-state index contributed by atoms with van der Waals surface area (Å²) in [7, 11) is 0. The number of rotatable bonds is 1. The minimum absolute atomic E-state index is 0.588. The quantitative estimate of drug-likeness (QED) is 0.768. The minimum atomic E-state index is 0.588. The molecular formula is C7H11BrN4. The molecule has 4 nitrogen and oxygen atoms in total. The monoisotopic (exact) mass is 230 g/mol. The van der Waals surface area contributed by atoms with Gasteiger partial charge in [0.2, 0.25) is 0 Å². The molecule has 0 aromatic carbocycles. The average Bonchev–Trinajstić information content (AvgIpc) is 2.47. The number of halogens is 1. The SMILES string of the molecule is NCC1CCc2nnc(Br)n2C1. The number of nitrogens with two attached hydrogens (primary N) is 1. The minimum Gasteiger partial charge on any atom is -0.330 e.